The number of aryl methyl sites for hydroxylation is 1. The van der Waals surface area contributed by atoms with Crippen molar-refractivity contribution < 1.29 is 9.18 Å². The van der Waals surface area contributed by atoms with Crippen LogP contribution in [0.2, 0.25) is 0 Å². The molecule has 1 saturated heterocycles. The highest BCUT2D eigenvalue weighted by atomic mass is 19.1. The lowest BCUT2D eigenvalue weighted by Gasteiger charge is -2.31. The summed E-state index contributed by atoms with van der Waals surface area (Å²) in [6.45, 7) is 2.67. The first-order valence-electron chi connectivity index (χ1n) is 10.5. The van der Waals surface area contributed by atoms with Gasteiger partial charge in [0, 0.05) is 24.5 Å². The summed E-state index contributed by atoms with van der Waals surface area (Å²) in [5.41, 5.74) is 2.63. The van der Waals surface area contributed by atoms with Crippen LogP contribution in [0.4, 0.5) is 4.39 Å². The van der Waals surface area contributed by atoms with Crippen molar-refractivity contribution >= 4 is 16.8 Å². The molecule has 0 aliphatic carbocycles. The molecule has 0 unspecified atom stereocenters. The second-order valence-electron chi connectivity index (χ2n) is 7.88. The van der Waals surface area contributed by atoms with Crippen LogP contribution < -0.4 is 5.32 Å². The maximum atomic E-state index is 13.5. The Bertz CT molecular complexity index is 974. The van der Waals surface area contributed by atoms with Gasteiger partial charge in [-0.1, -0.05) is 43.2 Å². The van der Waals surface area contributed by atoms with Gasteiger partial charge in [0.25, 0.3) is 5.91 Å². The molecule has 4 rings (SSSR count). The topological polar surface area (TPSA) is 37.3 Å². The van der Waals surface area contributed by atoms with Crippen molar-refractivity contribution in [2.45, 2.75) is 31.7 Å². The number of hydrogen-bond donors (Lipinski definition) is 1. The van der Waals surface area contributed by atoms with Crippen LogP contribution in [-0.4, -0.2) is 35.0 Å². The number of fused-ring (bicyclic) bond motifs is 1. The molecule has 2 aromatic carbocycles. The first-order valence-corrected chi connectivity index (χ1v) is 10.5. The largest absolute Gasteiger partial charge is 0.349 e. The summed E-state index contributed by atoms with van der Waals surface area (Å²) in [5, 5.41) is 3.88. The summed E-state index contributed by atoms with van der Waals surface area (Å²) < 4.78 is 15.4. The average Bonchev–Trinajstić information content (AvgIpc) is 2.90. The quantitative estimate of drug-likeness (QED) is 0.684. The number of halogens is 1. The van der Waals surface area contributed by atoms with Gasteiger partial charge in [-0.15, -0.1) is 0 Å². The Kier molecular flexibility index (Phi) is 5.95. The number of likely N-dealkylation sites (tertiary alicyclic amines) is 1. The van der Waals surface area contributed by atoms with E-state index < -0.39 is 0 Å². The second-order valence-corrected chi connectivity index (χ2v) is 7.88. The monoisotopic (exact) mass is 393 g/mol. The zero-order valence-electron chi connectivity index (χ0n) is 16.9. The maximum absolute atomic E-state index is 13.5. The lowest BCUT2D eigenvalue weighted by Crippen LogP contribution is -2.39. The highest BCUT2D eigenvalue weighted by Crippen LogP contribution is 2.24. The van der Waals surface area contributed by atoms with Crippen LogP contribution in [0.1, 0.15) is 47.8 Å². The van der Waals surface area contributed by atoms with E-state index in [1.165, 1.54) is 43.4 Å². The molecule has 1 aliphatic heterocycles. The number of carbonyl (C=O) groups is 1. The molecule has 1 aromatic heterocycles. The molecule has 1 N–H and O–H groups in total. The first kappa shape index (κ1) is 19.6. The Morgan fingerprint density at radius 1 is 1.03 bits per heavy atom. The average molecular weight is 394 g/mol. The van der Waals surface area contributed by atoms with Gasteiger partial charge in [-0.3, -0.25) is 9.69 Å². The Hall–Kier alpha value is -2.66. The summed E-state index contributed by atoms with van der Waals surface area (Å²) >= 11 is 0. The van der Waals surface area contributed by atoms with Crippen molar-refractivity contribution in [2.24, 2.45) is 7.05 Å². The molecule has 1 amide bonds. The zero-order chi connectivity index (χ0) is 20.2. The highest BCUT2D eigenvalue weighted by molar-refractivity contribution is 5.98. The number of nitrogens with one attached hydrogen (secondary N) is 1. The van der Waals surface area contributed by atoms with Crippen LogP contribution in [0.15, 0.2) is 54.6 Å². The van der Waals surface area contributed by atoms with Crippen LogP contribution in [0.3, 0.4) is 0 Å². The van der Waals surface area contributed by atoms with E-state index in [4.69, 9.17) is 0 Å². The lowest BCUT2D eigenvalue weighted by molar-refractivity contribution is 0.0925. The van der Waals surface area contributed by atoms with Gasteiger partial charge in [-0.25, -0.2) is 4.39 Å². The number of hydrogen-bond acceptors (Lipinski definition) is 2. The smallest absolute Gasteiger partial charge is 0.267 e. The molecule has 0 radical (unpaired) electrons. The van der Waals surface area contributed by atoms with Crippen LogP contribution in [0, 0.1) is 5.82 Å². The van der Waals surface area contributed by atoms with E-state index in [2.05, 4.69) is 34.5 Å². The minimum Gasteiger partial charge on any atom is -0.349 e. The molecular weight excluding hydrogens is 365 g/mol. The Labute approximate surface area is 171 Å². The van der Waals surface area contributed by atoms with Gasteiger partial charge in [0.2, 0.25) is 0 Å². The number of rotatable bonds is 5. The van der Waals surface area contributed by atoms with Crippen molar-refractivity contribution in [3.63, 3.8) is 0 Å². The van der Waals surface area contributed by atoms with E-state index in [1.807, 2.05) is 17.7 Å². The number of amides is 1. The summed E-state index contributed by atoms with van der Waals surface area (Å²) in [6.07, 6.45) is 4.95. The van der Waals surface area contributed by atoms with Crippen molar-refractivity contribution in [2.75, 3.05) is 19.6 Å². The van der Waals surface area contributed by atoms with Gasteiger partial charge in [0.15, 0.2) is 0 Å². The van der Waals surface area contributed by atoms with Gasteiger partial charge < -0.3 is 9.88 Å². The van der Waals surface area contributed by atoms with E-state index in [9.17, 15) is 9.18 Å². The van der Waals surface area contributed by atoms with Gasteiger partial charge in [-0.2, -0.15) is 0 Å². The second kappa shape index (κ2) is 8.78. The molecule has 1 atom stereocenters. The molecule has 3 aromatic rings. The molecule has 0 bridgehead atoms. The predicted molar refractivity (Wildman–Crippen MR) is 114 cm³/mol. The molecule has 152 valence electrons. The fraction of sp³-hybridized carbons (Fsp3) is 0.375. The van der Waals surface area contributed by atoms with Crippen molar-refractivity contribution in [1.29, 1.82) is 0 Å². The number of benzene rings is 2. The fourth-order valence-electron chi connectivity index (χ4n) is 4.36. The van der Waals surface area contributed by atoms with Crippen LogP contribution >= 0.6 is 0 Å². The SMILES string of the molecule is Cn1c(C(=O)NC[C@@H](c2ccccc2)N2CCCCCC2)cc2cc(F)ccc21. The lowest BCUT2D eigenvalue weighted by atomic mass is 10.0. The third kappa shape index (κ3) is 4.35. The van der Waals surface area contributed by atoms with Gasteiger partial charge in [-0.05, 0) is 55.8 Å². The molecule has 0 spiro atoms. The van der Waals surface area contributed by atoms with Crippen molar-refractivity contribution in [1.82, 2.24) is 14.8 Å². The standard InChI is InChI=1S/C24H28FN3O/c1-27-21-12-11-20(25)15-19(21)16-22(27)24(29)26-17-23(18-9-5-4-6-10-18)28-13-7-2-3-8-14-28/h4-6,9-12,15-16,23H,2-3,7-8,13-14,17H2,1H3,(H,26,29)/t23-/m0/s1. The Morgan fingerprint density at radius 3 is 2.48 bits per heavy atom. The van der Waals surface area contributed by atoms with E-state index in [0.29, 0.717) is 12.2 Å². The first-order chi connectivity index (χ1) is 14.1. The Balaban J connectivity index is 1.54. The van der Waals surface area contributed by atoms with Crippen LogP contribution in [0.5, 0.6) is 0 Å². The summed E-state index contributed by atoms with van der Waals surface area (Å²) in [5.74, 6) is -0.416. The third-order valence-corrected chi connectivity index (χ3v) is 5.96. The molecule has 0 saturated carbocycles. The molecule has 1 fully saturated rings. The number of aromatic nitrogens is 1. The van der Waals surface area contributed by atoms with E-state index >= 15 is 0 Å². The summed E-state index contributed by atoms with van der Waals surface area (Å²) in [6, 6.07) is 16.9. The van der Waals surface area contributed by atoms with Crippen LogP contribution in [-0.2, 0) is 7.05 Å². The molecule has 2 heterocycles. The van der Waals surface area contributed by atoms with Crippen molar-refractivity contribution in [3.05, 3.63) is 71.7 Å². The summed E-state index contributed by atoms with van der Waals surface area (Å²) in [4.78, 5) is 15.5. The molecular formula is C24H28FN3O. The number of carbonyl (C=O) groups excluding carboxylic acids is 1. The minimum atomic E-state index is -0.291. The third-order valence-electron chi connectivity index (χ3n) is 5.96. The van der Waals surface area contributed by atoms with Crippen molar-refractivity contribution in [3.8, 4) is 0 Å². The number of nitrogens with zero attached hydrogens (tertiary/aromatic N) is 2. The Morgan fingerprint density at radius 2 is 1.76 bits per heavy atom. The zero-order valence-corrected chi connectivity index (χ0v) is 16.9. The fourth-order valence-corrected chi connectivity index (χ4v) is 4.36. The minimum absolute atomic E-state index is 0.125. The predicted octanol–water partition coefficient (Wildman–Crippen LogP) is 4.66. The van der Waals surface area contributed by atoms with E-state index in [1.54, 1.807) is 12.1 Å². The summed E-state index contributed by atoms with van der Waals surface area (Å²) in [7, 11) is 1.85. The van der Waals surface area contributed by atoms with E-state index in [-0.39, 0.29) is 17.8 Å². The van der Waals surface area contributed by atoms with Gasteiger partial charge in [0.05, 0.1) is 6.04 Å². The van der Waals surface area contributed by atoms with Gasteiger partial charge in [0.1, 0.15) is 11.5 Å². The molecule has 29 heavy (non-hydrogen) atoms. The highest BCUT2D eigenvalue weighted by Gasteiger charge is 2.23. The molecule has 5 heteroatoms. The normalized spacial score (nSPS) is 16.5. The molecule has 1 aliphatic rings. The van der Waals surface area contributed by atoms with Gasteiger partial charge >= 0.3 is 0 Å². The maximum Gasteiger partial charge on any atom is 0.267 e. The van der Waals surface area contributed by atoms with Crippen LogP contribution in [0.25, 0.3) is 10.9 Å². The van der Waals surface area contributed by atoms with E-state index in [0.717, 1.165) is 24.0 Å². The molecule has 4 nitrogen and oxygen atoms in total.